The predicted octanol–water partition coefficient (Wildman–Crippen LogP) is 8.74. The fourth-order valence-corrected chi connectivity index (χ4v) is 5.47. The Bertz CT molecular complexity index is 2290. The van der Waals surface area contributed by atoms with Gasteiger partial charge < -0.3 is 13.9 Å². The molecule has 0 saturated carbocycles. The van der Waals surface area contributed by atoms with Gasteiger partial charge in [-0.3, -0.25) is 4.79 Å². The van der Waals surface area contributed by atoms with Crippen LogP contribution in [0.5, 0.6) is 11.5 Å². The molecule has 0 spiro atoms. The second-order valence-electron chi connectivity index (χ2n) is 10.0. The molecule has 0 aliphatic rings. The van der Waals surface area contributed by atoms with Crippen LogP contribution in [0.3, 0.4) is 0 Å². The maximum absolute atomic E-state index is 13.9. The van der Waals surface area contributed by atoms with E-state index < -0.39 is 0 Å². The Morgan fingerprint density at radius 3 is 2.50 bits per heavy atom. The lowest BCUT2D eigenvalue weighted by atomic mass is 10.0. The highest BCUT2D eigenvalue weighted by Crippen LogP contribution is 2.33. The minimum Gasteiger partial charge on any atom is -0.496 e. The lowest BCUT2D eigenvalue weighted by molar-refractivity contribution is 0.306. The normalized spacial score (nSPS) is 11.6. The Labute approximate surface area is 261 Å². The Hall–Kier alpha value is -5.11. The molecule has 0 bridgehead atoms. The molecule has 2 aromatic heterocycles. The number of aromatic nitrogens is 2. The second kappa shape index (κ2) is 11.5. The number of rotatable bonds is 7. The van der Waals surface area contributed by atoms with Crippen molar-refractivity contribution < 1.29 is 13.9 Å². The van der Waals surface area contributed by atoms with E-state index in [0.29, 0.717) is 49.4 Å². The van der Waals surface area contributed by atoms with Crippen molar-refractivity contribution in [1.29, 1.82) is 0 Å². The third kappa shape index (κ3) is 5.06. The molecular weight excluding hydrogens is 597 g/mol. The number of hydrogen-bond donors (Lipinski definition) is 0. The first-order valence-corrected chi connectivity index (χ1v) is 14.5. The van der Waals surface area contributed by atoms with Crippen molar-refractivity contribution in [3.63, 3.8) is 0 Å². The van der Waals surface area contributed by atoms with Crippen LogP contribution in [0.4, 0.5) is 0 Å². The maximum atomic E-state index is 13.9. The number of hydrogen-bond acceptors (Lipinski definition) is 6. The zero-order valence-corrected chi connectivity index (χ0v) is 24.8. The van der Waals surface area contributed by atoms with Crippen LogP contribution in [0, 0.1) is 0 Å². The van der Waals surface area contributed by atoms with E-state index in [-0.39, 0.29) is 18.0 Å². The fourth-order valence-electron chi connectivity index (χ4n) is 5.15. The monoisotopic (exact) mass is 619 g/mol. The number of halogens is 2. The molecule has 9 heteroatoms. The minimum atomic E-state index is -0.340. The van der Waals surface area contributed by atoms with E-state index in [4.69, 9.17) is 47.2 Å². The number of fused-ring (bicyclic) bond motifs is 3. The van der Waals surface area contributed by atoms with Gasteiger partial charge in [-0.25, -0.2) is 4.98 Å². The summed E-state index contributed by atoms with van der Waals surface area (Å²) in [6.07, 6.45) is 1.62. The lowest BCUT2D eigenvalue weighted by Gasteiger charge is -2.13. The molecule has 0 saturated heterocycles. The van der Waals surface area contributed by atoms with E-state index in [1.54, 1.807) is 49.7 Å². The summed E-state index contributed by atoms with van der Waals surface area (Å²) in [5.74, 6) is 1.85. The zero-order chi connectivity index (χ0) is 30.2. The number of methoxy groups -OCH3 is 1. The third-order valence-electron chi connectivity index (χ3n) is 7.33. The second-order valence-corrected chi connectivity index (χ2v) is 10.8. The largest absolute Gasteiger partial charge is 0.496 e. The van der Waals surface area contributed by atoms with Crippen LogP contribution in [0.1, 0.15) is 11.1 Å². The number of furan rings is 1. The summed E-state index contributed by atoms with van der Waals surface area (Å²) in [5.41, 5.74) is 2.34. The summed E-state index contributed by atoms with van der Waals surface area (Å²) in [6, 6.07) is 31.6. The van der Waals surface area contributed by atoms with Gasteiger partial charge >= 0.3 is 0 Å². The molecule has 0 radical (unpaired) electrons. The lowest BCUT2D eigenvalue weighted by Crippen LogP contribution is -2.20. The summed E-state index contributed by atoms with van der Waals surface area (Å²) in [7, 11) is 1.60. The Morgan fingerprint density at radius 2 is 1.66 bits per heavy atom. The molecule has 5 aromatic carbocycles. The standard InChI is InChI=1S/C35H23Cl2N3O4/c1-42-30-11-6-12-32-25(30)18-33(44-32)34-39-29-10-5-4-9-24(29)35(41)40(34)38-19-26-23-8-3-2-7-22(23)14-16-31(26)43-20-21-13-15-27(36)28(37)17-21/h2-19H,20H2,1H3. The van der Waals surface area contributed by atoms with Gasteiger partial charge in [-0.15, -0.1) is 0 Å². The molecule has 44 heavy (non-hydrogen) atoms. The van der Waals surface area contributed by atoms with Crippen molar-refractivity contribution in [3.8, 4) is 23.1 Å². The molecule has 0 atom stereocenters. The number of ether oxygens (including phenoxy) is 2. The maximum Gasteiger partial charge on any atom is 0.282 e. The van der Waals surface area contributed by atoms with E-state index in [1.165, 1.54) is 4.68 Å². The zero-order valence-electron chi connectivity index (χ0n) is 23.3. The summed E-state index contributed by atoms with van der Waals surface area (Å²) in [4.78, 5) is 18.7. The first-order chi connectivity index (χ1) is 21.5. The van der Waals surface area contributed by atoms with E-state index in [0.717, 1.165) is 21.7 Å². The molecule has 0 unspecified atom stereocenters. The summed E-state index contributed by atoms with van der Waals surface area (Å²) in [5, 5.41) is 8.72. The van der Waals surface area contributed by atoms with Crippen LogP contribution < -0.4 is 15.0 Å². The van der Waals surface area contributed by atoms with E-state index in [9.17, 15) is 4.79 Å². The van der Waals surface area contributed by atoms with Gasteiger partial charge in [-0.05, 0) is 64.9 Å². The first-order valence-electron chi connectivity index (χ1n) is 13.7. The Morgan fingerprint density at radius 1 is 0.841 bits per heavy atom. The minimum absolute atomic E-state index is 0.250. The van der Waals surface area contributed by atoms with Crippen LogP contribution in [-0.4, -0.2) is 23.0 Å². The molecule has 0 aliphatic carbocycles. The molecule has 0 N–H and O–H groups in total. The predicted molar refractivity (Wildman–Crippen MR) is 175 cm³/mol. The van der Waals surface area contributed by atoms with Crippen molar-refractivity contribution in [1.82, 2.24) is 9.66 Å². The molecule has 0 aliphatic heterocycles. The Kier molecular flexibility index (Phi) is 7.26. The highest BCUT2D eigenvalue weighted by Gasteiger charge is 2.18. The topological polar surface area (TPSA) is 78.9 Å². The summed E-state index contributed by atoms with van der Waals surface area (Å²) in [6.45, 7) is 0.250. The highest BCUT2D eigenvalue weighted by molar-refractivity contribution is 6.42. The molecule has 7 aromatic rings. The molecule has 0 amide bonds. The number of nitrogens with zero attached hydrogens (tertiary/aromatic N) is 3. The average molecular weight is 620 g/mol. The SMILES string of the molecule is COc1cccc2oc(-c3nc4ccccc4c(=O)n3N=Cc3c(OCc4ccc(Cl)c(Cl)c4)ccc4ccccc34)cc12. The molecule has 216 valence electrons. The van der Waals surface area contributed by atoms with Crippen LogP contribution in [0.25, 0.3) is 44.2 Å². The van der Waals surface area contributed by atoms with Crippen molar-refractivity contribution in [2.24, 2.45) is 5.10 Å². The van der Waals surface area contributed by atoms with Gasteiger partial charge in [0.25, 0.3) is 5.56 Å². The van der Waals surface area contributed by atoms with Gasteiger partial charge in [-0.2, -0.15) is 9.78 Å². The van der Waals surface area contributed by atoms with E-state index in [1.807, 2.05) is 66.7 Å². The van der Waals surface area contributed by atoms with Gasteiger partial charge in [0.15, 0.2) is 5.76 Å². The molecule has 7 nitrogen and oxygen atoms in total. The third-order valence-corrected chi connectivity index (χ3v) is 8.07. The number of benzene rings is 5. The quantitative estimate of drug-likeness (QED) is 0.167. The molecule has 0 fully saturated rings. The van der Waals surface area contributed by atoms with Gasteiger partial charge in [0.05, 0.1) is 39.7 Å². The molecule has 7 rings (SSSR count). The fraction of sp³-hybridized carbons (Fsp3) is 0.0571. The summed E-state index contributed by atoms with van der Waals surface area (Å²) < 4.78 is 19.2. The van der Waals surface area contributed by atoms with Crippen LogP contribution >= 0.6 is 23.2 Å². The average Bonchev–Trinajstić information content (AvgIpc) is 3.49. The van der Waals surface area contributed by atoms with Crippen molar-refractivity contribution >= 4 is 62.1 Å². The summed E-state index contributed by atoms with van der Waals surface area (Å²) >= 11 is 12.3. The number of para-hydroxylation sites is 1. The van der Waals surface area contributed by atoms with Gasteiger partial charge in [0.1, 0.15) is 23.7 Å². The van der Waals surface area contributed by atoms with Crippen molar-refractivity contribution in [3.05, 3.63) is 135 Å². The smallest absolute Gasteiger partial charge is 0.282 e. The van der Waals surface area contributed by atoms with Crippen molar-refractivity contribution in [2.75, 3.05) is 7.11 Å². The van der Waals surface area contributed by atoms with Crippen molar-refractivity contribution in [2.45, 2.75) is 6.61 Å². The molecule has 2 heterocycles. The van der Waals surface area contributed by atoms with Gasteiger partial charge in [0.2, 0.25) is 5.82 Å². The van der Waals surface area contributed by atoms with Gasteiger partial charge in [0, 0.05) is 5.56 Å². The van der Waals surface area contributed by atoms with Crippen LogP contribution in [0.15, 0.2) is 117 Å². The Balaban J connectivity index is 1.38. The van der Waals surface area contributed by atoms with Crippen LogP contribution in [0.2, 0.25) is 10.0 Å². The van der Waals surface area contributed by atoms with Gasteiger partial charge in [-0.1, -0.05) is 77.8 Å². The first kappa shape index (κ1) is 27.7. The highest BCUT2D eigenvalue weighted by atomic mass is 35.5. The van der Waals surface area contributed by atoms with E-state index >= 15 is 0 Å². The molecular formula is C35H23Cl2N3O4. The van der Waals surface area contributed by atoms with E-state index in [2.05, 4.69) is 0 Å². The van der Waals surface area contributed by atoms with Crippen LogP contribution in [-0.2, 0) is 6.61 Å².